The second kappa shape index (κ2) is 5.21. The molecule has 0 aliphatic rings. The average Bonchev–Trinajstić information content (AvgIpc) is 2.39. The van der Waals surface area contributed by atoms with Crippen LogP contribution >= 0.6 is 0 Å². The van der Waals surface area contributed by atoms with E-state index >= 15 is 0 Å². The third-order valence-corrected chi connectivity index (χ3v) is 2.37. The molecule has 0 saturated heterocycles. The predicted molar refractivity (Wildman–Crippen MR) is 67.9 cm³/mol. The lowest BCUT2D eigenvalue weighted by molar-refractivity contribution is 0.628. The Morgan fingerprint density at radius 2 is 1.59 bits per heavy atom. The molecule has 84 valence electrons. The molecule has 0 spiro atoms. The maximum atomic E-state index is 12.7. The van der Waals surface area contributed by atoms with Gasteiger partial charge in [0.15, 0.2) is 0 Å². The quantitative estimate of drug-likeness (QED) is 0.435. The van der Waals surface area contributed by atoms with Gasteiger partial charge in [-0.2, -0.15) is 0 Å². The monoisotopic (exact) mass is 227 g/mol. The van der Waals surface area contributed by atoms with Crippen molar-refractivity contribution in [3.05, 3.63) is 77.6 Å². The molecule has 0 bridgehead atoms. The highest BCUT2D eigenvalue weighted by Gasteiger charge is 2.06. The Morgan fingerprint density at radius 1 is 0.941 bits per heavy atom. The summed E-state index contributed by atoms with van der Waals surface area (Å²) in [5.41, 5.74) is 1.60. The number of allylic oxidation sites excluding steroid dienone is 1. The standard InChI is InChI=1S/C15H11FO/c16-14-9-6-12(7-10-14)8-11-15(17)13-4-2-1-3-5-13/h1-11H/p+1/b11-8+. The van der Waals surface area contributed by atoms with Gasteiger partial charge in [0.25, 0.3) is 0 Å². The summed E-state index contributed by atoms with van der Waals surface area (Å²) < 4.78 is 12.7. The Balaban J connectivity index is 2.11. The van der Waals surface area contributed by atoms with Gasteiger partial charge in [-0.05, 0) is 35.9 Å². The molecule has 0 aliphatic carbocycles. The van der Waals surface area contributed by atoms with Gasteiger partial charge in [0.1, 0.15) is 5.82 Å². The molecular weight excluding hydrogens is 215 g/mol. The van der Waals surface area contributed by atoms with E-state index in [-0.39, 0.29) is 11.6 Å². The summed E-state index contributed by atoms with van der Waals surface area (Å²) in [7, 11) is 0. The highest BCUT2D eigenvalue weighted by Crippen LogP contribution is 2.06. The zero-order valence-electron chi connectivity index (χ0n) is 9.18. The van der Waals surface area contributed by atoms with Crippen LogP contribution in [0.25, 0.3) is 6.08 Å². The van der Waals surface area contributed by atoms with Crippen LogP contribution in [0.15, 0.2) is 60.7 Å². The molecule has 0 atom stereocenters. The van der Waals surface area contributed by atoms with Crippen LogP contribution in [0.4, 0.5) is 4.39 Å². The summed E-state index contributed by atoms with van der Waals surface area (Å²) in [5, 5.41) is 0. The van der Waals surface area contributed by atoms with E-state index in [9.17, 15) is 9.18 Å². The first-order valence-electron chi connectivity index (χ1n) is 5.31. The molecular formula is C15H12FO+. The van der Waals surface area contributed by atoms with Gasteiger partial charge in [-0.25, -0.2) is 4.39 Å². The molecule has 1 nitrogen and oxygen atoms in total. The van der Waals surface area contributed by atoms with E-state index in [1.807, 2.05) is 30.3 Å². The lowest BCUT2D eigenvalue weighted by Gasteiger charge is -1.92. The number of carbonyl (C=O) groups excluding carboxylic acids is 1. The normalized spacial score (nSPS) is 10.6. The molecule has 0 radical (unpaired) electrons. The summed E-state index contributed by atoms with van der Waals surface area (Å²) in [6.07, 6.45) is 3.34. The van der Waals surface area contributed by atoms with Crippen LogP contribution in [0.3, 0.4) is 0 Å². The molecule has 0 aromatic heterocycles. The van der Waals surface area contributed by atoms with Crippen molar-refractivity contribution >= 4 is 11.9 Å². The maximum absolute atomic E-state index is 12.7. The molecule has 0 heterocycles. The highest BCUT2D eigenvalue weighted by molar-refractivity contribution is 6.07. The van der Waals surface area contributed by atoms with Gasteiger partial charge in [0, 0.05) is 6.08 Å². The Kier molecular flexibility index (Phi) is 3.46. The summed E-state index contributed by atoms with van der Waals surface area (Å²) in [6, 6.07) is 15.3. The van der Waals surface area contributed by atoms with Crippen LogP contribution in [0.1, 0.15) is 11.1 Å². The topological polar surface area (TPSA) is 21.4 Å². The summed E-state index contributed by atoms with van der Waals surface area (Å²) in [6.45, 7) is 0. The molecule has 0 saturated carbocycles. The molecule has 0 aliphatic heterocycles. The van der Waals surface area contributed by atoms with E-state index < -0.39 is 0 Å². The molecule has 17 heavy (non-hydrogen) atoms. The first-order chi connectivity index (χ1) is 8.25. The number of ketones is 1. The summed E-state index contributed by atoms with van der Waals surface area (Å²) in [5.74, 6) is -0.0756. The number of halogens is 1. The third kappa shape index (κ3) is 3.11. The fourth-order valence-electron chi connectivity index (χ4n) is 1.45. The van der Waals surface area contributed by atoms with E-state index in [2.05, 4.69) is 0 Å². The first kappa shape index (κ1) is 11.3. The van der Waals surface area contributed by atoms with Gasteiger partial charge in [-0.15, -0.1) is 0 Å². The Hall–Kier alpha value is -2.22. The van der Waals surface area contributed by atoms with E-state index in [4.69, 9.17) is 0 Å². The average molecular weight is 227 g/mol. The van der Waals surface area contributed by atoms with Gasteiger partial charge >= 0.3 is 5.78 Å². The van der Waals surface area contributed by atoms with Gasteiger partial charge in [-0.3, -0.25) is 4.79 Å². The fourth-order valence-corrected chi connectivity index (χ4v) is 1.45. The van der Waals surface area contributed by atoms with Crippen molar-refractivity contribution in [1.29, 1.82) is 0 Å². The lowest BCUT2D eigenvalue weighted by atomic mass is 10.1. The summed E-state index contributed by atoms with van der Waals surface area (Å²) >= 11 is 0. The van der Waals surface area contributed by atoms with Crippen LogP contribution in [0.2, 0.25) is 0 Å². The van der Waals surface area contributed by atoms with Crippen molar-refractivity contribution in [3.63, 3.8) is 0 Å². The Morgan fingerprint density at radius 3 is 2.24 bits per heavy atom. The molecule has 2 aromatic carbocycles. The van der Waals surface area contributed by atoms with Gasteiger partial charge in [0.05, 0.1) is 5.56 Å². The second-order valence-electron chi connectivity index (χ2n) is 3.64. The van der Waals surface area contributed by atoms with Crippen LogP contribution in [-0.4, -0.2) is 10.6 Å². The van der Waals surface area contributed by atoms with Crippen molar-refractivity contribution in [3.8, 4) is 0 Å². The summed E-state index contributed by atoms with van der Waals surface area (Å²) in [4.78, 5) is 9.79. The molecule has 2 aromatic rings. The van der Waals surface area contributed by atoms with E-state index in [0.29, 0.717) is 0 Å². The van der Waals surface area contributed by atoms with Gasteiger partial charge in [0.2, 0.25) is 0 Å². The van der Waals surface area contributed by atoms with E-state index in [1.54, 1.807) is 24.3 Å². The minimum absolute atomic E-state index is 0.190. The highest BCUT2D eigenvalue weighted by atomic mass is 19.1. The van der Waals surface area contributed by atoms with Crippen LogP contribution < -0.4 is 0 Å². The zero-order chi connectivity index (χ0) is 12.1. The van der Waals surface area contributed by atoms with Gasteiger partial charge in [-0.1, -0.05) is 30.3 Å². The zero-order valence-corrected chi connectivity index (χ0v) is 9.18. The number of hydrogen-bond donors (Lipinski definition) is 0. The van der Waals surface area contributed by atoms with E-state index in [0.717, 1.165) is 11.1 Å². The second-order valence-corrected chi connectivity index (χ2v) is 3.64. The fraction of sp³-hybridized carbons (Fsp3) is 0. The minimum atomic E-state index is -0.265. The number of hydrogen-bond acceptors (Lipinski definition) is 0. The molecule has 2 heteroatoms. The van der Waals surface area contributed by atoms with E-state index in [1.165, 1.54) is 12.1 Å². The SMILES string of the molecule is [OH+]=C(/C=C/c1ccc(F)cc1)c1ccccc1. The van der Waals surface area contributed by atoms with Crippen molar-refractivity contribution < 1.29 is 9.18 Å². The van der Waals surface area contributed by atoms with Crippen molar-refractivity contribution in [2.75, 3.05) is 0 Å². The van der Waals surface area contributed by atoms with Crippen molar-refractivity contribution in [1.82, 2.24) is 0 Å². The Bertz CT molecular complexity index is 527. The van der Waals surface area contributed by atoms with Crippen molar-refractivity contribution in [2.24, 2.45) is 0 Å². The molecule has 0 unspecified atom stereocenters. The van der Waals surface area contributed by atoms with Crippen LogP contribution in [-0.2, 0) is 0 Å². The van der Waals surface area contributed by atoms with Crippen molar-refractivity contribution in [2.45, 2.75) is 0 Å². The third-order valence-electron chi connectivity index (χ3n) is 2.37. The number of rotatable bonds is 3. The first-order valence-corrected chi connectivity index (χ1v) is 5.31. The maximum Gasteiger partial charge on any atom is 0.347 e. The molecule has 1 N–H and O–H groups in total. The Labute approximate surface area is 99.2 Å². The largest absolute Gasteiger partial charge is 0.347 e. The number of benzene rings is 2. The van der Waals surface area contributed by atoms with Crippen LogP contribution in [0.5, 0.6) is 0 Å². The molecule has 2 rings (SSSR count). The van der Waals surface area contributed by atoms with Gasteiger partial charge < -0.3 is 0 Å². The minimum Gasteiger partial charge on any atom is -0.273 e. The molecule has 0 fully saturated rings. The van der Waals surface area contributed by atoms with Crippen LogP contribution in [0, 0.1) is 5.82 Å². The molecule has 0 amide bonds. The lowest BCUT2D eigenvalue weighted by Crippen LogP contribution is -1.94. The smallest absolute Gasteiger partial charge is 0.273 e. The predicted octanol–water partition coefficient (Wildman–Crippen LogP) is 3.43.